The Morgan fingerprint density at radius 3 is 2.12 bits per heavy atom. The maximum atomic E-state index is 12.8. The zero-order chi connectivity index (χ0) is 49.7. The lowest BCUT2D eigenvalue weighted by Crippen LogP contribution is -2.65. The van der Waals surface area contributed by atoms with Gasteiger partial charge in [-0.25, -0.2) is 13.7 Å². The first-order valence-electron chi connectivity index (χ1n) is 22.0. The molecular weight excluding hydrogens is 945 g/mol. The molecule has 15 nitrogen and oxygen atoms in total. The minimum absolute atomic E-state index is 0.0466. The molecule has 0 saturated heterocycles. The molecule has 0 aliphatic carbocycles. The van der Waals surface area contributed by atoms with Crippen LogP contribution in [0.3, 0.4) is 0 Å². The molecule has 0 amide bonds. The summed E-state index contributed by atoms with van der Waals surface area (Å²) in [5.41, 5.74) is 5.19. The lowest BCUT2D eigenvalue weighted by atomic mass is 9.86. The number of anilines is 1. The zero-order valence-corrected chi connectivity index (χ0v) is 42.6. The van der Waals surface area contributed by atoms with Crippen molar-refractivity contribution in [3.05, 3.63) is 142 Å². The van der Waals surface area contributed by atoms with Gasteiger partial charge in [0.05, 0.1) is 40.1 Å². The Balaban J connectivity index is 1.48. The summed E-state index contributed by atoms with van der Waals surface area (Å²) in [6.45, 7) is 15.3. The molecule has 0 unspecified atom stereocenters. The van der Waals surface area contributed by atoms with Gasteiger partial charge in [0, 0.05) is 49.7 Å². The third-order valence-electron chi connectivity index (χ3n) is 13.6. The number of rotatable bonds is 13. The van der Waals surface area contributed by atoms with Crippen molar-refractivity contribution in [2.75, 3.05) is 10.7 Å². The van der Waals surface area contributed by atoms with Gasteiger partial charge in [0.2, 0.25) is 5.36 Å². The van der Waals surface area contributed by atoms with Crippen LogP contribution in [0, 0.1) is 0 Å². The van der Waals surface area contributed by atoms with E-state index in [0.29, 0.717) is 35.0 Å². The molecule has 0 radical (unpaired) electrons. The van der Waals surface area contributed by atoms with E-state index in [1.54, 1.807) is 30.3 Å². The first-order chi connectivity index (χ1) is 31.5. The Morgan fingerprint density at radius 1 is 0.809 bits per heavy atom. The molecule has 1 aromatic heterocycles. The topological polar surface area (TPSA) is 215 Å². The molecule has 0 spiro atoms. The molecule has 0 fully saturated rings. The Labute approximate surface area is 398 Å². The molecule has 0 bridgehead atoms. The molecule has 0 atom stereocenters. The number of aryl methyl sites for hydroxylation is 2. The van der Waals surface area contributed by atoms with E-state index in [2.05, 4.69) is 60.7 Å². The Bertz CT molecular complexity index is 3520. The quantitative estimate of drug-likeness (QED) is 0.0749. The highest BCUT2D eigenvalue weighted by Gasteiger charge is 2.44. The Morgan fingerprint density at radius 2 is 1.49 bits per heavy atom. The van der Waals surface area contributed by atoms with Crippen LogP contribution in [0.5, 0.6) is 0 Å². The molecule has 5 aromatic rings. The van der Waals surface area contributed by atoms with Gasteiger partial charge in [0.1, 0.15) is 26.2 Å². The van der Waals surface area contributed by atoms with Crippen LogP contribution in [-0.4, -0.2) is 79.5 Å². The fraction of sp³-hybridized carbons (Fsp3) is 0.327. The average molecular weight is 1000 g/mol. The summed E-state index contributed by atoms with van der Waals surface area (Å²) in [4.78, 5) is 13.5. The number of aromatic nitrogens is 2. The maximum Gasteiger partial charge on any atom is 0.303 e. The van der Waals surface area contributed by atoms with Crippen molar-refractivity contribution in [3.8, 4) is 0 Å². The van der Waals surface area contributed by atoms with Gasteiger partial charge in [-0.3, -0.25) is 18.5 Å². The second kappa shape index (κ2) is 16.9. The predicted molar refractivity (Wildman–Crippen MR) is 263 cm³/mol. The van der Waals surface area contributed by atoms with Gasteiger partial charge in [-0.1, -0.05) is 49.5 Å². The van der Waals surface area contributed by atoms with E-state index in [1.807, 2.05) is 61.5 Å². The second-order valence-electron chi connectivity index (χ2n) is 19.7. The SMILES string of the molecule is CC1=CC(C)(C)N(Cc2ccccc2S(=O)(=O)O)c2cc3c(cc21)C(c1n(CCCC(=O)O)cc[n+]1C)=c1cc2c(cc1[Si]3(C)C)=[N+](Cc1ccc(S(=O)(=O)O)cc1)C(C)(C)C=C2CS(=O)(=O)O. The summed E-state index contributed by atoms with van der Waals surface area (Å²) < 4.78 is 111. The molecule has 358 valence electrons. The third kappa shape index (κ3) is 9.08. The zero-order valence-electron chi connectivity index (χ0n) is 39.1. The number of carbonyl (C=O) groups is 1. The van der Waals surface area contributed by atoms with E-state index in [-0.39, 0.29) is 29.3 Å². The fourth-order valence-corrected chi connectivity index (χ4v) is 15.2. The number of carboxylic acids is 1. The highest BCUT2D eigenvalue weighted by Crippen LogP contribution is 2.42. The summed E-state index contributed by atoms with van der Waals surface area (Å²) >= 11 is 0. The second-order valence-corrected chi connectivity index (χ2v) is 28.2. The van der Waals surface area contributed by atoms with E-state index in [4.69, 9.17) is 0 Å². The Hall–Kier alpha value is -5.54. The van der Waals surface area contributed by atoms with Crippen LogP contribution in [0.2, 0.25) is 13.1 Å². The number of aliphatic carboxylic acids is 1. The lowest BCUT2D eigenvalue weighted by molar-refractivity contribution is -0.673. The number of carboxylic acid groups (broad SMARTS) is 1. The van der Waals surface area contributed by atoms with Gasteiger partial charge in [-0.15, -0.1) is 0 Å². The van der Waals surface area contributed by atoms with Gasteiger partial charge < -0.3 is 10.0 Å². The molecule has 4 heterocycles. The molecule has 8 rings (SSSR count). The molecule has 4 aromatic carbocycles. The number of fused-ring (bicyclic) bond motifs is 4. The number of nitrogens with zero attached hydrogens (tertiary/aromatic N) is 4. The number of benzene rings is 4. The standard InChI is InChI=1S/C49H54N4O11S3Si/c1-31-26-48(2,3)53(29-33-12-9-10-13-42(33)67(62,63)64)40-24-43-38(22-36(31)40)46(47-50(6)20-21-51(47)19-11-14-45(54)55)39-23-37-34(30-65(56,57)58)27-49(4,5)52(41(37)25-44(39)68(43,7)8)28-32-15-17-35(18-16-32)66(59,60)61/h9-10,12-13,15-18,20-27H,11,14,19,28-30H2,1-8H3,(H2-2,54,55,56,57,58,59,60,61,62,63,64)/p+2. The number of hydrogen-bond acceptors (Lipinski definition) is 8. The van der Waals surface area contributed by atoms with Gasteiger partial charge in [0.15, 0.2) is 12.1 Å². The first-order valence-corrected chi connectivity index (χ1v) is 29.5. The van der Waals surface area contributed by atoms with Crippen LogP contribution in [0.25, 0.3) is 16.7 Å². The fourth-order valence-electron chi connectivity index (χ4n) is 10.4. The van der Waals surface area contributed by atoms with Crippen molar-refractivity contribution >= 4 is 77.2 Å². The normalized spacial score (nSPS) is 17.1. The van der Waals surface area contributed by atoms with Gasteiger partial charge in [-0.05, 0) is 108 Å². The van der Waals surface area contributed by atoms with Gasteiger partial charge in [-0.2, -0.15) is 25.3 Å². The molecular formula is C49H56N4O11S3Si+2. The largest absolute Gasteiger partial charge is 0.481 e. The monoisotopic (exact) mass is 1000 g/mol. The van der Waals surface area contributed by atoms with Gasteiger partial charge >= 0.3 is 5.97 Å². The molecule has 68 heavy (non-hydrogen) atoms. The van der Waals surface area contributed by atoms with Crippen molar-refractivity contribution in [1.82, 2.24) is 9.14 Å². The van der Waals surface area contributed by atoms with Crippen molar-refractivity contribution < 1.29 is 53.4 Å². The first kappa shape index (κ1) is 48.9. The van der Waals surface area contributed by atoms with Crippen molar-refractivity contribution in [1.29, 1.82) is 0 Å². The minimum Gasteiger partial charge on any atom is -0.481 e. The van der Waals surface area contributed by atoms with Crippen LogP contribution < -0.4 is 35.0 Å². The summed E-state index contributed by atoms with van der Waals surface area (Å²) in [6.07, 6.45) is 8.11. The summed E-state index contributed by atoms with van der Waals surface area (Å²) in [7, 11) is -14.5. The summed E-state index contributed by atoms with van der Waals surface area (Å²) in [5.74, 6) is -0.787. The van der Waals surface area contributed by atoms with Gasteiger partial charge in [0.25, 0.3) is 36.2 Å². The lowest BCUT2D eigenvalue weighted by Gasteiger charge is -2.45. The van der Waals surface area contributed by atoms with Crippen LogP contribution in [0.15, 0.2) is 107 Å². The summed E-state index contributed by atoms with van der Waals surface area (Å²) in [5, 5.41) is 13.2. The van der Waals surface area contributed by atoms with E-state index < -0.39 is 61.2 Å². The molecule has 3 aliphatic heterocycles. The molecule has 0 saturated carbocycles. The third-order valence-corrected chi connectivity index (χ3v) is 19.6. The highest BCUT2D eigenvalue weighted by molar-refractivity contribution is 7.86. The number of allylic oxidation sites excluding steroid dienone is 1. The minimum atomic E-state index is -4.56. The number of hydrogen-bond donors (Lipinski definition) is 4. The van der Waals surface area contributed by atoms with E-state index in [9.17, 15) is 48.8 Å². The molecule has 3 aliphatic rings. The Kier molecular flexibility index (Phi) is 12.1. The smallest absolute Gasteiger partial charge is 0.303 e. The van der Waals surface area contributed by atoms with E-state index in [0.717, 1.165) is 54.9 Å². The van der Waals surface area contributed by atoms with Crippen LogP contribution in [0.4, 0.5) is 5.69 Å². The summed E-state index contributed by atoms with van der Waals surface area (Å²) in [6, 6.07) is 20.8. The van der Waals surface area contributed by atoms with Crippen molar-refractivity contribution in [2.24, 2.45) is 7.05 Å². The van der Waals surface area contributed by atoms with Crippen LogP contribution in [-0.2, 0) is 61.8 Å². The molecule has 4 N–H and O–H groups in total. The van der Waals surface area contributed by atoms with Crippen molar-refractivity contribution in [2.45, 2.75) is 101 Å². The van der Waals surface area contributed by atoms with E-state index >= 15 is 0 Å². The maximum absolute atomic E-state index is 12.8. The highest BCUT2D eigenvalue weighted by atomic mass is 32.2. The predicted octanol–water partition coefficient (Wildman–Crippen LogP) is 4.01. The molecule has 19 heteroatoms. The van der Waals surface area contributed by atoms with Crippen LogP contribution in [0.1, 0.15) is 81.1 Å². The number of imidazole rings is 1. The average Bonchev–Trinajstić information content (AvgIpc) is 3.57. The van der Waals surface area contributed by atoms with Crippen LogP contribution >= 0.6 is 0 Å². The van der Waals surface area contributed by atoms with Crippen molar-refractivity contribution in [3.63, 3.8) is 0 Å². The van der Waals surface area contributed by atoms with E-state index in [1.165, 1.54) is 18.2 Å².